The Bertz CT molecular complexity index is 851. The molecule has 1 saturated carbocycles. The van der Waals surface area contributed by atoms with Crippen LogP contribution in [0.15, 0.2) is 42.5 Å². The lowest BCUT2D eigenvalue weighted by Crippen LogP contribution is -2.64. The Labute approximate surface area is 176 Å². The number of aliphatic hydroxyl groups is 2. The Morgan fingerprint density at radius 1 is 1.14 bits per heavy atom. The average Bonchev–Trinajstić information content (AvgIpc) is 2.70. The standard InChI is InChI=1S/C23H27ClO5/c1-3-28-17-7-4-14(5-8-17)12-16-13-15(6-9-19(16)24)22-21(26)20(25)18-10-11-23(18,27-2)29-22/h4-9,13,18,20-22,25-26H,3,10-12H2,1-2H3/t18-,20+,21-,22+,23-/m1/s1. The number of halogens is 1. The summed E-state index contributed by atoms with van der Waals surface area (Å²) in [6, 6.07) is 13.5. The molecule has 2 fully saturated rings. The van der Waals surface area contributed by atoms with Crippen molar-refractivity contribution >= 4 is 11.6 Å². The third-order valence-corrected chi connectivity index (χ3v) is 6.51. The van der Waals surface area contributed by atoms with Crippen molar-refractivity contribution in [3.05, 3.63) is 64.2 Å². The van der Waals surface area contributed by atoms with E-state index in [1.807, 2.05) is 49.4 Å². The lowest BCUT2D eigenvalue weighted by molar-refractivity contribution is -0.380. The number of methoxy groups -OCH3 is 1. The Kier molecular flexibility index (Phi) is 5.87. The van der Waals surface area contributed by atoms with E-state index in [0.717, 1.165) is 28.9 Å². The van der Waals surface area contributed by atoms with Crippen LogP contribution in [0, 0.1) is 5.92 Å². The highest BCUT2D eigenvalue weighted by molar-refractivity contribution is 6.31. The first kappa shape index (κ1) is 20.6. The summed E-state index contributed by atoms with van der Waals surface area (Å²) in [4.78, 5) is 0. The minimum atomic E-state index is -1.01. The van der Waals surface area contributed by atoms with Gasteiger partial charge in [0.2, 0.25) is 0 Å². The van der Waals surface area contributed by atoms with Crippen LogP contribution in [0.2, 0.25) is 5.02 Å². The van der Waals surface area contributed by atoms with Gasteiger partial charge in [-0.2, -0.15) is 0 Å². The minimum absolute atomic E-state index is 0.200. The Morgan fingerprint density at radius 2 is 1.90 bits per heavy atom. The molecule has 0 radical (unpaired) electrons. The van der Waals surface area contributed by atoms with E-state index in [9.17, 15) is 10.2 Å². The molecule has 1 heterocycles. The molecule has 0 bridgehead atoms. The fraction of sp³-hybridized carbons (Fsp3) is 0.478. The van der Waals surface area contributed by atoms with Crippen LogP contribution in [0.5, 0.6) is 5.75 Å². The van der Waals surface area contributed by atoms with Gasteiger partial charge in [0.1, 0.15) is 18.0 Å². The number of hydrogen-bond acceptors (Lipinski definition) is 5. The van der Waals surface area contributed by atoms with E-state index >= 15 is 0 Å². The number of fused-ring (bicyclic) bond motifs is 1. The van der Waals surface area contributed by atoms with E-state index in [4.69, 9.17) is 25.8 Å². The average molecular weight is 419 g/mol. The number of ether oxygens (including phenoxy) is 3. The zero-order chi connectivity index (χ0) is 20.6. The molecule has 5 atom stereocenters. The zero-order valence-corrected chi connectivity index (χ0v) is 17.4. The smallest absolute Gasteiger partial charge is 0.174 e. The molecule has 0 amide bonds. The van der Waals surface area contributed by atoms with Crippen LogP contribution in [0.3, 0.4) is 0 Å². The van der Waals surface area contributed by atoms with E-state index in [1.165, 1.54) is 0 Å². The van der Waals surface area contributed by atoms with Gasteiger partial charge in [0.15, 0.2) is 5.79 Å². The monoisotopic (exact) mass is 418 g/mol. The fourth-order valence-electron chi connectivity index (χ4n) is 4.39. The normalized spacial score (nSPS) is 31.1. The second kappa shape index (κ2) is 8.25. The number of rotatable bonds is 6. The summed E-state index contributed by atoms with van der Waals surface area (Å²) in [5.41, 5.74) is 2.81. The van der Waals surface area contributed by atoms with Crippen LogP contribution in [-0.2, 0) is 15.9 Å². The van der Waals surface area contributed by atoms with E-state index in [0.29, 0.717) is 24.5 Å². The maximum Gasteiger partial charge on any atom is 0.174 e. The van der Waals surface area contributed by atoms with Crippen molar-refractivity contribution in [3.8, 4) is 5.75 Å². The first-order chi connectivity index (χ1) is 14.0. The van der Waals surface area contributed by atoms with Gasteiger partial charge in [0.25, 0.3) is 0 Å². The zero-order valence-electron chi connectivity index (χ0n) is 16.7. The quantitative estimate of drug-likeness (QED) is 0.745. The Morgan fingerprint density at radius 3 is 2.52 bits per heavy atom. The first-order valence-electron chi connectivity index (χ1n) is 10.1. The SMILES string of the molecule is CCOc1ccc(Cc2cc([C@@H]3O[C@]4(OC)CC[C@@H]4[C@H](O)[C@H]3O)ccc2Cl)cc1. The molecule has 0 spiro atoms. The molecule has 1 aliphatic heterocycles. The van der Waals surface area contributed by atoms with Crippen LogP contribution in [0.25, 0.3) is 0 Å². The lowest BCUT2D eigenvalue weighted by atomic mass is 9.69. The van der Waals surface area contributed by atoms with Crippen LogP contribution in [0.1, 0.15) is 42.6 Å². The van der Waals surface area contributed by atoms with Gasteiger partial charge in [-0.3, -0.25) is 0 Å². The summed E-state index contributed by atoms with van der Waals surface area (Å²) < 4.78 is 17.3. The molecule has 1 aliphatic carbocycles. The summed E-state index contributed by atoms with van der Waals surface area (Å²) in [5.74, 6) is -0.184. The maximum atomic E-state index is 10.7. The second-order valence-electron chi connectivity index (χ2n) is 7.79. The summed E-state index contributed by atoms with van der Waals surface area (Å²) in [7, 11) is 1.59. The molecule has 4 rings (SSSR count). The molecule has 2 aromatic carbocycles. The van der Waals surface area contributed by atoms with Crippen molar-refractivity contribution in [2.45, 2.75) is 50.3 Å². The predicted molar refractivity (Wildman–Crippen MR) is 110 cm³/mol. The Balaban J connectivity index is 1.57. The number of hydrogen-bond donors (Lipinski definition) is 2. The molecule has 2 aliphatic rings. The molecule has 29 heavy (non-hydrogen) atoms. The van der Waals surface area contributed by atoms with E-state index in [1.54, 1.807) is 7.11 Å². The molecule has 6 heteroatoms. The molecule has 5 nitrogen and oxygen atoms in total. The molecular formula is C23H27ClO5. The number of benzene rings is 2. The summed E-state index contributed by atoms with van der Waals surface area (Å²) in [6.07, 6.45) is -0.431. The van der Waals surface area contributed by atoms with Crippen molar-refractivity contribution in [3.63, 3.8) is 0 Å². The van der Waals surface area contributed by atoms with Crippen LogP contribution < -0.4 is 4.74 Å². The van der Waals surface area contributed by atoms with Crippen LogP contribution in [0.4, 0.5) is 0 Å². The van der Waals surface area contributed by atoms with Gasteiger partial charge >= 0.3 is 0 Å². The summed E-state index contributed by atoms with van der Waals surface area (Å²) in [5, 5.41) is 21.9. The molecule has 0 unspecified atom stereocenters. The summed E-state index contributed by atoms with van der Waals surface area (Å²) >= 11 is 6.45. The summed E-state index contributed by atoms with van der Waals surface area (Å²) in [6.45, 7) is 2.59. The van der Waals surface area contributed by atoms with Gasteiger partial charge in [-0.1, -0.05) is 35.9 Å². The first-order valence-corrected chi connectivity index (χ1v) is 10.4. The highest BCUT2D eigenvalue weighted by Gasteiger charge is 2.60. The van der Waals surface area contributed by atoms with Crippen LogP contribution in [-0.4, -0.2) is 41.9 Å². The van der Waals surface area contributed by atoms with Gasteiger partial charge in [-0.25, -0.2) is 0 Å². The molecular weight excluding hydrogens is 392 g/mol. The van der Waals surface area contributed by atoms with Crippen LogP contribution >= 0.6 is 11.6 Å². The minimum Gasteiger partial charge on any atom is -0.494 e. The molecule has 2 aromatic rings. The lowest BCUT2D eigenvalue weighted by Gasteiger charge is -2.56. The van der Waals surface area contributed by atoms with Gasteiger partial charge in [-0.15, -0.1) is 0 Å². The second-order valence-corrected chi connectivity index (χ2v) is 8.19. The van der Waals surface area contributed by atoms with E-state index in [2.05, 4.69) is 0 Å². The number of aliphatic hydroxyl groups excluding tert-OH is 2. The van der Waals surface area contributed by atoms with Crippen molar-refractivity contribution in [2.75, 3.05) is 13.7 Å². The van der Waals surface area contributed by atoms with Crippen molar-refractivity contribution < 1.29 is 24.4 Å². The molecule has 2 N–H and O–H groups in total. The molecule has 156 valence electrons. The third kappa shape index (κ3) is 3.78. The highest BCUT2D eigenvalue weighted by Crippen LogP contribution is 2.53. The van der Waals surface area contributed by atoms with E-state index < -0.39 is 24.1 Å². The van der Waals surface area contributed by atoms with Crippen molar-refractivity contribution in [2.24, 2.45) is 5.92 Å². The van der Waals surface area contributed by atoms with Gasteiger partial charge in [0, 0.05) is 24.5 Å². The van der Waals surface area contributed by atoms with E-state index in [-0.39, 0.29) is 5.92 Å². The fourth-order valence-corrected chi connectivity index (χ4v) is 4.57. The third-order valence-electron chi connectivity index (χ3n) is 6.14. The Hall–Kier alpha value is -1.63. The highest BCUT2D eigenvalue weighted by atomic mass is 35.5. The largest absolute Gasteiger partial charge is 0.494 e. The van der Waals surface area contributed by atoms with Gasteiger partial charge in [-0.05, 0) is 54.7 Å². The maximum absolute atomic E-state index is 10.7. The van der Waals surface area contributed by atoms with Crippen molar-refractivity contribution in [1.29, 1.82) is 0 Å². The predicted octanol–water partition coefficient (Wildman–Crippen LogP) is 3.88. The molecule has 1 saturated heterocycles. The van der Waals surface area contributed by atoms with Crippen molar-refractivity contribution in [1.82, 2.24) is 0 Å². The molecule has 0 aromatic heterocycles. The van der Waals surface area contributed by atoms with Gasteiger partial charge < -0.3 is 24.4 Å². The topological polar surface area (TPSA) is 68.2 Å². The van der Waals surface area contributed by atoms with Gasteiger partial charge in [0.05, 0.1) is 12.7 Å².